The van der Waals surface area contributed by atoms with Gasteiger partial charge in [0.2, 0.25) is 0 Å². The minimum atomic E-state index is -0.354. The molecule has 0 saturated carbocycles. The zero-order chi connectivity index (χ0) is 20.6. The molecule has 0 aliphatic heterocycles. The first-order valence-corrected chi connectivity index (χ1v) is 9.56. The van der Waals surface area contributed by atoms with Crippen LogP contribution in [-0.4, -0.2) is 18.4 Å². The summed E-state index contributed by atoms with van der Waals surface area (Å²) in [5.41, 5.74) is 2.01. The van der Waals surface area contributed by atoms with Crippen LogP contribution in [0.1, 0.15) is 15.9 Å². The van der Waals surface area contributed by atoms with E-state index in [4.69, 9.17) is 27.9 Å². The minimum absolute atomic E-state index is 0.184. The molecule has 3 aromatic rings. The summed E-state index contributed by atoms with van der Waals surface area (Å²) in [6.45, 7) is 0.259. The van der Waals surface area contributed by atoms with Crippen LogP contribution in [0.15, 0.2) is 72.8 Å². The summed E-state index contributed by atoms with van der Waals surface area (Å²) in [5, 5.41) is 6.37. The van der Waals surface area contributed by atoms with Crippen LogP contribution in [0.5, 0.6) is 5.75 Å². The maximum atomic E-state index is 12.2. The van der Waals surface area contributed by atoms with Crippen LogP contribution < -0.4 is 15.4 Å². The smallest absolute Gasteiger partial charge is 0.262 e. The number of anilines is 1. The molecule has 2 N–H and O–H groups in total. The van der Waals surface area contributed by atoms with Gasteiger partial charge in [-0.3, -0.25) is 9.59 Å². The summed E-state index contributed by atoms with van der Waals surface area (Å²) >= 11 is 11.8. The summed E-state index contributed by atoms with van der Waals surface area (Å²) in [4.78, 5) is 24.2. The number of carbonyl (C=O) groups is 2. The van der Waals surface area contributed by atoms with E-state index in [1.54, 1.807) is 42.5 Å². The third kappa shape index (κ3) is 6.52. The van der Waals surface area contributed by atoms with Crippen LogP contribution in [-0.2, 0) is 11.3 Å². The lowest BCUT2D eigenvalue weighted by Gasteiger charge is -2.09. The van der Waals surface area contributed by atoms with Gasteiger partial charge in [-0.15, -0.1) is 0 Å². The van der Waals surface area contributed by atoms with Crippen molar-refractivity contribution >= 4 is 40.7 Å². The highest BCUT2D eigenvalue weighted by atomic mass is 35.5. The molecule has 148 valence electrons. The van der Waals surface area contributed by atoms with Crippen LogP contribution in [0.25, 0.3) is 0 Å². The Labute approximate surface area is 178 Å². The van der Waals surface area contributed by atoms with E-state index < -0.39 is 0 Å². The van der Waals surface area contributed by atoms with E-state index in [0.29, 0.717) is 33.6 Å². The summed E-state index contributed by atoms with van der Waals surface area (Å²) in [6, 6.07) is 21.0. The van der Waals surface area contributed by atoms with Crippen molar-refractivity contribution in [3.8, 4) is 5.75 Å². The van der Waals surface area contributed by atoms with E-state index in [1.807, 2.05) is 30.3 Å². The second-order valence-electron chi connectivity index (χ2n) is 6.19. The molecule has 0 unspecified atom stereocenters. The van der Waals surface area contributed by atoms with E-state index in [-0.39, 0.29) is 18.4 Å². The maximum absolute atomic E-state index is 12.2. The lowest BCUT2D eigenvalue weighted by atomic mass is 10.2. The Morgan fingerprint density at radius 1 is 0.862 bits per heavy atom. The quantitative estimate of drug-likeness (QED) is 0.559. The topological polar surface area (TPSA) is 67.4 Å². The summed E-state index contributed by atoms with van der Waals surface area (Å²) < 4.78 is 5.45. The molecule has 0 aliphatic carbocycles. The number of ether oxygens (including phenoxy) is 1. The average Bonchev–Trinajstić information content (AvgIpc) is 2.71. The largest absolute Gasteiger partial charge is 0.484 e. The molecule has 2 amide bonds. The zero-order valence-electron chi connectivity index (χ0n) is 15.3. The molecule has 0 aliphatic rings. The van der Waals surface area contributed by atoms with Gasteiger partial charge in [0.15, 0.2) is 6.61 Å². The Morgan fingerprint density at radius 2 is 1.52 bits per heavy atom. The summed E-state index contributed by atoms with van der Waals surface area (Å²) in [7, 11) is 0. The number of hydrogen-bond donors (Lipinski definition) is 2. The predicted molar refractivity (Wildman–Crippen MR) is 115 cm³/mol. The Morgan fingerprint density at radius 3 is 2.17 bits per heavy atom. The highest BCUT2D eigenvalue weighted by Gasteiger charge is 2.08. The molecule has 7 heteroatoms. The number of hydrogen-bond acceptors (Lipinski definition) is 3. The fourth-order valence-electron chi connectivity index (χ4n) is 2.55. The molecular weight excluding hydrogens is 411 g/mol. The molecule has 0 aromatic heterocycles. The van der Waals surface area contributed by atoms with E-state index in [0.717, 1.165) is 5.56 Å². The fraction of sp³-hybridized carbons (Fsp3) is 0.0909. The molecule has 5 nitrogen and oxygen atoms in total. The van der Waals surface area contributed by atoms with E-state index in [1.165, 1.54) is 0 Å². The van der Waals surface area contributed by atoms with Gasteiger partial charge in [0, 0.05) is 27.8 Å². The van der Waals surface area contributed by atoms with Crippen LogP contribution >= 0.6 is 23.2 Å². The molecule has 0 radical (unpaired) electrons. The maximum Gasteiger partial charge on any atom is 0.262 e. The Kier molecular flexibility index (Phi) is 7.11. The average molecular weight is 429 g/mol. The van der Waals surface area contributed by atoms with Crippen molar-refractivity contribution in [1.82, 2.24) is 5.32 Å². The highest BCUT2D eigenvalue weighted by Crippen LogP contribution is 2.22. The van der Waals surface area contributed by atoms with Gasteiger partial charge < -0.3 is 15.4 Å². The van der Waals surface area contributed by atoms with Gasteiger partial charge in [0.25, 0.3) is 11.8 Å². The third-order valence-electron chi connectivity index (χ3n) is 3.93. The zero-order valence-corrected chi connectivity index (χ0v) is 16.8. The first-order chi connectivity index (χ1) is 14.0. The number of benzene rings is 3. The summed E-state index contributed by atoms with van der Waals surface area (Å²) in [6.07, 6.45) is 0. The Hall–Kier alpha value is -3.02. The molecule has 0 bridgehead atoms. The van der Waals surface area contributed by atoms with Gasteiger partial charge in [-0.05, 0) is 48.0 Å². The van der Waals surface area contributed by atoms with Crippen LogP contribution in [0.2, 0.25) is 10.0 Å². The van der Waals surface area contributed by atoms with Crippen molar-refractivity contribution < 1.29 is 14.3 Å². The second kappa shape index (κ2) is 9.96. The number of halogens is 2. The van der Waals surface area contributed by atoms with Gasteiger partial charge in [0.05, 0.1) is 0 Å². The van der Waals surface area contributed by atoms with Crippen LogP contribution in [0.3, 0.4) is 0 Å². The number of nitrogens with one attached hydrogen (secondary N) is 2. The van der Waals surface area contributed by atoms with Crippen molar-refractivity contribution in [2.75, 3.05) is 11.9 Å². The van der Waals surface area contributed by atoms with Crippen molar-refractivity contribution in [2.45, 2.75) is 6.54 Å². The molecule has 0 atom stereocenters. The molecule has 3 aromatic carbocycles. The lowest BCUT2D eigenvalue weighted by Crippen LogP contribution is -2.22. The number of rotatable bonds is 7. The first kappa shape index (κ1) is 20.7. The molecule has 3 rings (SSSR count). The summed E-state index contributed by atoms with van der Waals surface area (Å²) in [5.74, 6) is -0.0621. The lowest BCUT2D eigenvalue weighted by molar-refractivity contribution is -0.118. The Balaban J connectivity index is 1.48. The molecule has 0 saturated heterocycles. The van der Waals surface area contributed by atoms with Crippen LogP contribution in [0, 0.1) is 0 Å². The monoisotopic (exact) mass is 428 g/mol. The van der Waals surface area contributed by atoms with Gasteiger partial charge in [-0.2, -0.15) is 0 Å². The van der Waals surface area contributed by atoms with E-state index in [2.05, 4.69) is 10.6 Å². The molecule has 0 spiro atoms. The normalized spacial score (nSPS) is 10.3. The van der Waals surface area contributed by atoms with Crippen LogP contribution in [0.4, 0.5) is 5.69 Å². The van der Waals surface area contributed by atoms with Gasteiger partial charge >= 0.3 is 0 Å². The Bertz CT molecular complexity index is 972. The second-order valence-corrected chi connectivity index (χ2v) is 7.06. The molecule has 0 heterocycles. The van der Waals surface area contributed by atoms with E-state index >= 15 is 0 Å². The number of amides is 2. The molecule has 0 fully saturated rings. The van der Waals surface area contributed by atoms with Gasteiger partial charge in [-0.1, -0.05) is 53.5 Å². The third-order valence-corrected chi connectivity index (χ3v) is 4.37. The predicted octanol–water partition coefficient (Wildman–Crippen LogP) is 4.94. The minimum Gasteiger partial charge on any atom is -0.484 e. The number of carbonyl (C=O) groups excluding carboxylic acids is 2. The van der Waals surface area contributed by atoms with E-state index in [9.17, 15) is 9.59 Å². The first-order valence-electron chi connectivity index (χ1n) is 8.80. The SMILES string of the molecule is O=C(COc1ccc(C(=O)NCc2ccccc2)cc1)Nc1cc(Cl)cc(Cl)c1. The van der Waals surface area contributed by atoms with Crippen molar-refractivity contribution in [3.63, 3.8) is 0 Å². The molecule has 29 heavy (non-hydrogen) atoms. The van der Waals surface area contributed by atoms with Crippen molar-refractivity contribution in [2.24, 2.45) is 0 Å². The van der Waals surface area contributed by atoms with Gasteiger partial charge in [0.1, 0.15) is 5.75 Å². The van der Waals surface area contributed by atoms with Crippen molar-refractivity contribution in [3.05, 3.63) is 94.0 Å². The van der Waals surface area contributed by atoms with Gasteiger partial charge in [-0.25, -0.2) is 0 Å². The standard InChI is InChI=1S/C22H18Cl2N2O3/c23-17-10-18(24)12-19(11-17)26-21(27)14-29-20-8-6-16(7-9-20)22(28)25-13-15-4-2-1-3-5-15/h1-12H,13-14H2,(H,25,28)(H,26,27). The molecular formula is C22H18Cl2N2O3. The van der Waals surface area contributed by atoms with Crippen molar-refractivity contribution in [1.29, 1.82) is 0 Å². The fourth-order valence-corrected chi connectivity index (χ4v) is 3.08. The highest BCUT2D eigenvalue weighted by molar-refractivity contribution is 6.35.